The second-order valence-electron chi connectivity index (χ2n) is 7.60. The molecule has 0 amide bonds. The molecule has 0 N–H and O–H groups in total. The van der Waals surface area contributed by atoms with E-state index in [1.54, 1.807) is 82.3 Å². The average Bonchev–Trinajstić information content (AvgIpc) is 2.85. The van der Waals surface area contributed by atoms with Crippen molar-refractivity contribution in [2.45, 2.75) is 31.1 Å². The van der Waals surface area contributed by atoms with Gasteiger partial charge >= 0.3 is 0 Å². The predicted octanol–water partition coefficient (Wildman–Crippen LogP) is 6.43. The molecule has 4 rings (SSSR count). The van der Waals surface area contributed by atoms with Crippen LogP contribution in [0.15, 0.2) is 129 Å². The second-order valence-corrected chi connectivity index (χ2v) is 13.9. The summed E-state index contributed by atoms with van der Waals surface area (Å²) >= 11 is 0. The van der Waals surface area contributed by atoms with E-state index in [0.717, 1.165) is 20.9 Å². The Balaban J connectivity index is 1.33. The molecule has 0 saturated carbocycles. The molecule has 0 spiro atoms. The van der Waals surface area contributed by atoms with Gasteiger partial charge in [0.1, 0.15) is 0 Å². The van der Waals surface area contributed by atoms with E-state index in [9.17, 15) is 16.8 Å². The van der Waals surface area contributed by atoms with Gasteiger partial charge in [0.2, 0.25) is 0 Å². The van der Waals surface area contributed by atoms with Crippen molar-refractivity contribution < 1.29 is 16.8 Å². The van der Waals surface area contributed by atoms with Crippen LogP contribution in [-0.2, 0) is 31.2 Å². The zero-order valence-corrected chi connectivity index (χ0v) is 21.3. The Bertz CT molecular complexity index is 1320. The fourth-order valence-corrected chi connectivity index (χ4v) is 7.91. The van der Waals surface area contributed by atoms with Crippen molar-refractivity contribution in [3.05, 3.63) is 120 Å². The Labute approximate surface area is 208 Å². The molecule has 0 fully saturated rings. The lowest BCUT2D eigenvalue weighted by Crippen LogP contribution is -2.04. The minimum atomic E-state index is -3.37. The summed E-state index contributed by atoms with van der Waals surface area (Å²) in [7, 11) is -3.62. The number of sulfone groups is 2. The first-order valence-corrected chi connectivity index (χ1v) is 15.9. The van der Waals surface area contributed by atoms with E-state index in [1.807, 2.05) is 48.5 Å². The van der Waals surface area contributed by atoms with Gasteiger partial charge in [-0.3, -0.25) is 0 Å². The van der Waals surface area contributed by atoms with Crippen LogP contribution >= 0.6 is 21.6 Å². The molecular weight excluding hydrogens is 505 g/mol. The molecule has 4 aromatic carbocycles. The summed E-state index contributed by atoms with van der Waals surface area (Å²) in [6.45, 7) is 0. The molecule has 0 radical (unpaired) electrons. The summed E-state index contributed by atoms with van der Waals surface area (Å²) in [5.41, 5.74) is 1.48. The van der Waals surface area contributed by atoms with Crippen molar-refractivity contribution in [2.75, 3.05) is 0 Å². The maximum Gasteiger partial charge on any atom is 0.182 e. The van der Waals surface area contributed by atoms with Crippen LogP contribution in [0.4, 0.5) is 0 Å². The first-order chi connectivity index (χ1) is 16.3. The lowest BCUT2D eigenvalue weighted by molar-refractivity contribution is 0.593. The second kappa shape index (κ2) is 10.8. The lowest BCUT2D eigenvalue weighted by atomic mass is 10.2. The highest BCUT2D eigenvalue weighted by molar-refractivity contribution is 8.76. The molecule has 0 aliphatic heterocycles. The van der Waals surface area contributed by atoms with E-state index in [-0.39, 0.29) is 11.5 Å². The normalized spacial score (nSPS) is 11.9. The van der Waals surface area contributed by atoms with Gasteiger partial charge < -0.3 is 0 Å². The fourth-order valence-electron chi connectivity index (χ4n) is 3.24. The summed E-state index contributed by atoms with van der Waals surface area (Å²) in [5, 5.41) is 0. The molecule has 0 aromatic heterocycles. The minimum Gasteiger partial charge on any atom is -0.223 e. The van der Waals surface area contributed by atoms with Crippen LogP contribution in [0.1, 0.15) is 11.1 Å². The van der Waals surface area contributed by atoms with Crippen LogP contribution in [0.3, 0.4) is 0 Å². The van der Waals surface area contributed by atoms with Crippen molar-refractivity contribution >= 4 is 41.3 Å². The summed E-state index contributed by atoms with van der Waals surface area (Å²) in [6.07, 6.45) is 0. The van der Waals surface area contributed by atoms with Gasteiger partial charge in [0, 0.05) is 9.79 Å². The van der Waals surface area contributed by atoms with Gasteiger partial charge in [-0.1, -0.05) is 82.3 Å². The van der Waals surface area contributed by atoms with E-state index in [4.69, 9.17) is 0 Å². The zero-order valence-electron chi connectivity index (χ0n) is 18.1. The standard InChI is InChI=1S/C26H22O4S4/c27-33(28,25-7-3-1-4-8-25)19-21-11-15-23(16-12-21)31-32-24-17-13-22(14-18-24)20-34(29,30)26-9-5-2-6-10-26/h1-18H,19-20H2. The van der Waals surface area contributed by atoms with Crippen molar-refractivity contribution in [3.63, 3.8) is 0 Å². The van der Waals surface area contributed by atoms with E-state index in [2.05, 4.69) is 0 Å². The molecular formula is C26H22O4S4. The van der Waals surface area contributed by atoms with E-state index < -0.39 is 19.7 Å². The van der Waals surface area contributed by atoms with Gasteiger partial charge in [-0.2, -0.15) is 0 Å². The highest BCUT2D eigenvalue weighted by Gasteiger charge is 2.16. The molecule has 0 aliphatic carbocycles. The first kappa shape index (κ1) is 24.6. The molecule has 0 heterocycles. The van der Waals surface area contributed by atoms with Gasteiger partial charge in [-0.25, -0.2) is 16.8 Å². The number of benzene rings is 4. The summed E-state index contributed by atoms with van der Waals surface area (Å²) in [4.78, 5) is 2.65. The van der Waals surface area contributed by atoms with Crippen molar-refractivity contribution in [2.24, 2.45) is 0 Å². The maximum absolute atomic E-state index is 12.5. The van der Waals surface area contributed by atoms with Crippen molar-refractivity contribution in [1.29, 1.82) is 0 Å². The van der Waals surface area contributed by atoms with Crippen LogP contribution in [0, 0.1) is 0 Å². The third kappa shape index (κ3) is 6.54. The monoisotopic (exact) mass is 526 g/mol. The van der Waals surface area contributed by atoms with Crippen LogP contribution in [-0.4, -0.2) is 16.8 Å². The molecule has 0 unspecified atom stereocenters. The van der Waals surface area contributed by atoms with E-state index in [1.165, 1.54) is 0 Å². The van der Waals surface area contributed by atoms with Gasteiger partial charge in [-0.05, 0) is 59.7 Å². The molecule has 4 aromatic rings. The molecule has 34 heavy (non-hydrogen) atoms. The van der Waals surface area contributed by atoms with Gasteiger partial charge in [0.15, 0.2) is 19.7 Å². The fraction of sp³-hybridized carbons (Fsp3) is 0.0769. The first-order valence-electron chi connectivity index (χ1n) is 10.4. The maximum atomic E-state index is 12.5. The molecule has 0 atom stereocenters. The summed E-state index contributed by atoms with van der Waals surface area (Å²) in [6, 6.07) is 31.9. The zero-order chi connectivity index (χ0) is 24.0. The lowest BCUT2D eigenvalue weighted by Gasteiger charge is -2.07. The van der Waals surface area contributed by atoms with Gasteiger partial charge in [0.05, 0.1) is 21.3 Å². The number of hydrogen-bond acceptors (Lipinski definition) is 6. The molecule has 4 nitrogen and oxygen atoms in total. The summed E-state index contributed by atoms with van der Waals surface area (Å²) < 4.78 is 50.2. The highest BCUT2D eigenvalue weighted by Crippen LogP contribution is 2.37. The Morgan fingerprint density at radius 1 is 0.441 bits per heavy atom. The Morgan fingerprint density at radius 3 is 1.09 bits per heavy atom. The van der Waals surface area contributed by atoms with Crippen LogP contribution in [0.2, 0.25) is 0 Å². The number of rotatable bonds is 9. The SMILES string of the molecule is O=S(=O)(Cc1ccc(SSc2ccc(CS(=O)(=O)c3ccccc3)cc2)cc1)c1ccccc1. The Hall–Kier alpha value is -2.52. The van der Waals surface area contributed by atoms with Crippen LogP contribution < -0.4 is 0 Å². The van der Waals surface area contributed by atoms with Gasteiger partial charge in [0.25, 0.3) is 0 Å². The molecule has 8 heteroatoms. The molecule has 0 saturated heterocycles. The Morgan fingerprint density at radius 2 is 0.765 bits per heavy atom. The smallest absolute Gasteiger partial charge is 0.182 e. The quantitative estimate of drug-likeness (QED) is 0.234. The number of hydrogen-bond donors (Lipinski definition) is 0. The largest absolute Gasteiger partial charge is 0.223 e. The minimum absolute atomic E-state index is 0.0392. The molecule has 0 bridgehead atoms. The summed E-state index contributed by atoms with van der Waals surface area (Å²) in [5.74, 6) is -0.0785. The van der Waals surface area contributed by atoms with Crippen molar-refractivity contribution in [1.82, 2.24) is 0 Å². The van der Waals surface area contributed by atoms with Crippen molar-refractivity contribution in [3.8, 4) is 0 Å². The topological polar surface area (TPSA) is 68.3 Å². The third-order valence-electron chi connectivity index (χ3n) is 5.00. The third-order valence-corrected chi connectivity index (χ3v) is 10.8. The molecule has 0 aliphatic rings. The van der Waals surface area contributed by atoms with E-state index >= 15 is 0 Å². The van der Waals surface area contributed by atoms with Crippen LogP contribution in [0.25, 0.3) is 0 Å². The Kier molecular flexibility index (Phi) is 7.83. The molecule has 174 valence electrons. The van der Waals surface area contributed by atoms with Gasteiger partial charge in [-0.15, -0.1) is 0 Å². The van der Waals surface area contributed by atoms with Crippen LogP contribution in [0.5, 0.6) is 0 Å². The highest BCUT2D eigenvalue weighted by atomic mass is 33.1. The predicted molar refractivity (Wildman–Crippen MR) is 139 cm³/mol. The van der Waals surface area contributed by atoms with E-state index in [0.29, 0.717) is 9.79 Å². The average molecular weight is 527 g/mol.